The quantitative estimate of drug-likeness (QED) is 0.817. The Morgan fingerprint density at radius 1 is 1.25 bits per heavy atom. The molecule has 2 rings (SSSR count). The molecule has 1 aliphatic rings. The van der Waals surface area contributed by atoms with Crippen molar-refractivity contribution in [1.82, 2.24) is 15.3 Å². The monoisotopic (exact) mass is 220 g/mol. The van der Waals surface area contributed by atoms with Crippen molar-refractivity contribution in [2.24, 2.45) is 0 Å². The summed E-state index contributed by atoms with van der Waals surface area (Å²) < 4.78 is 0. The third-order valence-corrected chi connectivity index (χ3v) is 3.52. The molecule has 1 fully saturated rings. The molecule has 0 spiro atoms. The van der Waals surface area contributed by atoms with Gasteiger partial charge in [-0.25, -0.2) is 9.97 Å². The van der Waals surface area contributed by atoms with Gasteiger partial charge in [0.1, 0.15) is 0 Å². The van der Waals surface area contributed by atoms with Gasteiger partial charge >= 0.3 is 0 Å². The summed E-state index contributed by atoms with van der Waals surface area (Å²) in [5, 5.41) is 3.39. The molecule has 1 aliphatic heterocycles. The number of rotatable bonds is 2. The van der Waals surface area contributed by atoms with E-state index in [1.165, 1.54) is 0 Å². The number of nitrogens with zero attached hydrogens (tertiary/aromatic N) is 3. The number of piperidine rings is 1. The fraction of sp³-hybridized carbons (Fsp3) is 0.667. The molecule has 2 heterocycles. The minimum atomic E-state index is 0.279. The maximum atomic E-state index is 4.37. The van der Waals surface area contributed by atoms with Gasteiger partial charge in [-0.3, -0.25) is 0 Å². The summed E-state index contributed by atoms with van der Waals surface area (Å²) in [5.74, 6) is 0.865. The van der Waals surface area contributed by atoms with Crippen LogP contribution in [0.15, 0.2) is 12.4 Å². The van der Waals surface area contributed by atoms with Gasteiger partial charge in [0.25, 0.3) is 0 Å². The highest BCUT2D eigenvalue weighted by Gasteiger charge is 2.28. The first kappa shape index (κ1) is 11.3. The lowest BCUT2D eigenvalue weighted by Crippen LogP contribution is -2.50. The molecule has 1 aromatic rings. The standard InChI is InChI=1S/C12H20N4/c1-10-8-14-11(15-9-10)16-6-4-12(2,13-3)5-7-16/h8-9,13H,4-7H2,1-3H3. The van der Waals surface area contributed by atoms with Crippen LogP contribution < -0.4 is 10.2 Å². The van der Waals surface area contributed by atoms with Crippen molar-refractivity contribution < 1.29 is 0 Å². The lowest BCUT2D eigenvalue weighted by molar-refractivity contribution is 0.303. The van der Waals surface area contributed by atoms with Gasteiger partial charge in [-0.2, -0.15) is 0 Å². The van der Waals surface area contributed by atoms with Crippen LogP contribution in [0.1, 0.15) is 25.3 Å². The molecule has 0 aliphatic carbocycles. The Balaban J connectivity index is 2.01. The predicted octanol–water partition coefficient (Wildman–Crippen LogP) is 1.36. The maximum Gasteiger partial charge on any atom is 0.225 e. The van der Waals surface area contributed by atoms with E-state index in [9.17, 15) is 0 Å². The summed E-state index contributed by atoms with van der Waals surface area (Å²) in [6.07, 6.45) is 6.05. The average Bonchev–Trinajstić information content (AvgIpc) is 2.32. The minimum Gasteiger partial charge on any atom is -0.341 e. The number of aryl methyl sites for hydroxylation is 1. The van der Waals surface area contributed by atoms with Crippen LogP contribution in [0.2, 0.25) is 0 Å². The summed E-state index contributed by atoms with van der Waals surface area (Å²) in [6, 6.07) is 0. The van der Waals surface area contributed by atoms with Crippen LogP contribution in [0.5, 0.6) is 0 Å². The molecule has 16 heavy (non-hydrogen) atoms. The second-order valence-electron chi connectivity index (χ2n) is 4.86. The van der Waals surface area contributed by atoms with E-state index in [-0.39, 0.29) is 5.54 Å². The summed E-state index contributed by atoms with van der Waals surface area (Å²) in [5.41, 5.74) is 1.39. The zero-order valence-electron chi connectivity index (χ0n) is 10.3. The van der Waals surface area contributed by atoms with Crippen LogP contribution >= 0.6 is 0 Å². The number of hydrogen-bond acceptors (Lipinski definition) is 4. The van der Waals surface area contributed by atoms with Crippen LogP contribution in [0.25, 0.3) is 0 Å². The van der Waals surface area contributed by atoms with Crippen LogP contribution in [-0.2, 0) is 0 Å². The number of aromatic nitrogens is 2. The van der Waals surface area contributed by atoms with E-state index in [0.717, 1.165) is 37.4 Å². The normalized spacial score (nSPS) is 19.8. The van der Waals surface area contributed by atoms with Gasteiger partial charge < -0.3 is 10.2 Å². The number of anilines is 1. The topological polar surface area (TPSA) is 41.0 Å². The number of nitrogens with one attached hydrogen (secondary N) is 1. The van der Waals surface area contributed by atoms with Gasteiger partial charge in [-0.15, -0.1) is 0 Å². The third-order valence-electron chi connectivity index (χ3n) is 3.52. The van der Waals surface area contributed by atoms with Gasteiger partial charge in [0.05, 0.1) is 0 Å². The van der Waals surface area contributed by atoms with Crippen LogP contribution in [0.4, 0.5) is 5.95 Å². The van der Waals surface area contributed by atoms with Crippen molar-refractivity contribution in [3.8, 4) is 0 Å². The molecule has 4 nitrogen and oxygen atoms in total. The molecule has 0 atom stereocenters. The molecule has 1 aromatic heterocycles. The van der Waals surface area contributed by atoms with E-state index >= 15 is 0 Å². The summed E-state index contributed by atoms with van der Waals surface area (Å²) in [7, 11) is 2.04. The average molecular weight is 220 g/mol. The summed E-state index contributed by atoms with van der Waals surface area (Å²) in [6.45, 7) is 6.35. The van der Waals surface area contributed by atoms with E-state index in [1.54, 1.807) is 0 Å². The van der Waals surface area contributed by atoms with E-state index in [0.29, 0.717) is 0 Å². The van der Waals surface area contributed by atoms with Gasteiger partial charge in [-0.05, 0) is 39.3 Å². The zero-order valence-corrected chi connectivity index (χ0v) is 10.3. The molecular weight excluding hydrogens is 200 g/mol. The van der Waals surface area contributed by atoms with Crippen molar-refractivity contribution in [3.63, 3.8) is 0 Å². The molecule has 1 N–H and O–H groups in total. The first-order valence-corrected chi connectivity index (χ1v) is 5.85. The molecule has 0 bridgehead atoms. The van der Waals surface area contributed by atoms with Crippen molar-refractivity contribution in [2.75, 3.05) is 25.0 Å². The molecular formula is C12H20N4. The van der Waals surface area contributed by atoms with Gasteiger partial charge in [-0.1, -0.05) is 0 Å². The first-order chi connectivity index (χ1) is 7.63. The molecule has 0 unspecified atom stereocenters. The van der Waals surface area contributed by atoms with Crippen LogP contribution in [0, 0.1) is 6.92 Å². The zero-order chi connectivity index (χ0) is 11.6. The van der Waals surface area contributed by atoms with Crippen molar-refractivity contribution in [1.29, 1.82) is 0 Å². The van der Waals surface area contributed by atoms with Crippen molar-refractivity contribution in [3.05, 3.63) is 18.0 Å². The lowest BCUT2D eigenvalue weighted by Gasteiger charge is -2.39. The second kappa shape index (κ2) is 4.37. The van der Waals surface area contributed by atoms with Crippen molar-refractivity contribution in [2.45, 2.75) is 32.2 Å². The second-order valence-corrected chi connectivity index (χ2v) is 4.86. The minimum absolute atomic E-state index is 0.279. The van der Waals surface area contributed by atoms with Gasteiger partial charge in [0.2, 0.25) is 5.95 Å². The first-order valence-electron chi connectivity index (χ1n) is 5.85. The Bertz CT molecular complexity index is 339. The number of hydrogen-bond donors (Lipinski definition) is 1. The highest BCUT2D eigenvalue weighted by molar-refractivity contribution is 5.31. The molecule has 88 valence electrons. The van der Waals surface area contributed by atoms with E-state index in [4.69, 9.17) is 0 Å². The van der Waals surface area contributed by atoms with Crippen LogP contribution in [-0.4, -0.2) is 35.6 Å². The van der Waals surface area contributed by atoms with E-state index in [1.807, 2.05) is 26.4 Å². The molecule has 0 saturated carbocycles. The largest absolute Gasteiger partial charge is 0.341 e. The maximum absolute atomic E-state index is 4.37. The molecule has 0 radical (unpaired) electrons. The fourth-order valence-corrected chi connectivity index (χ4v) is 2.00. The lowest BCUT2D eigenvalue weighted by atomic mass is 9.90. The third kappa shape index (κ3) is 2.32. The van der Waals surface area contributed by atoms with E-state index in [2.05, 4.69) is 27.1 Å². The molecule has 1 saturated heterocycles. The van der Waals surface area contributed by atoms with E-state index < -0.39 is 0 Å². The highest BCUT2D eigenvalue weighted by atomic mass is 15.3. The Labute approximate surface area is 97.1 Å². The Morgan fingerprint density at radius 3 is 2.31 bits per heavy atom. The fourth-order valence-electron chi connectivity index (χ4n) is 2.00. The molecule has 0 amide bonds. The van der Waals surface area contributed by atoms with Gasteiger partial charge in [0, 0.05) is 31.0 Å². The van der Waals surface area contributed by atoms with Crippen LogP contribution in [0.3, 0.4) is 0 Å². The summed E-state index contributed by atoms with van der Waals surface area (Å²) in [4.78, 5) is 11.0. The smallest absolute Gasteiger partial charge is 0.225 e. The predicted molar refractivity (Wildman–Crippen MR) is 65.7 cm³/mol. The highest BCUT2D eigenvalue weighted by Crippen LogP contribution is 2.23. The Morgan fingerprint density at radius 2 is 1.81 bits per heavy atom. The summed E-state index contributed by atoms with van der Waals surface area (Å²) >= 11 is 0. The van der Waals surface area contributed by atoms with Gasteiger partial charge in [0.15, 0.2) is 0 Å². The Kier molecular flexibility index (Phi) is 3.10. The van der Waals surface area contributed by atoms with Crippen molar-refractivity contribution >= 4 is 5.95 Å². The Hall–Kier alpha value is -1.16. The molecule has 0 aromatic carbocycles. The SMILES string of the molecule is CNC1(C)CCN(c2ncc(C)cn2)CC1. The molecule has 4 heteroatoms.